The van der Waals surface area contributed by atoms with Crippen LogP contribution in [0.5, 0.6) is 0 Å². The Labute approximate surface area is 141 Å². The minimum atomic E-state index is -0.265. The number of aliphatic hydroxyl groups is 1. The van der Waals surface area contributed by atoms with Crippen LogP contribution in [-0.4, -0.2) is 72.7 Å². The first-order chi connectivity index (χ1) is 11.2. The van der Waals surface area contributed by atoms with Crippen LogP contribution in [0.4, 0.5) is 5.13 Å². The molecular weight excluding hydrogens is 314 g/mol. The van der Waals surface area contributed by atoms with Crippen LogP contribution in [0.3, 0.4) is 0 Å². The van der Waals surface area contributed by atoms with Gasteiger partial charge in [0.05, 0.1) is 31.5 Å². The van der Waals surface area contributed by atoms with E-state index in [-0.39, 0.29) is 11.7 Å². The monoisotopic (exact) mass is 339 g/mol. The minimum Gasteiger partial charge on any atom is -0.391 e. The molecule has 1 aromatic heterocycles. The number of anilines is 1. The van der Waals surface area contributed by atoms with E-state index in [0.29, 0.717) is 6.61 Å². The molecule has 7 heteroatoms. The Morgan fingerprint density at radius 3 is 2.74 bits per heavy atom. The molecule has 4 heterocycles. The normalized spacial score (nSPS) is 28.6. The van der Waals surface area contributed by atoms with E-state index in [1.807, 2.05) is 6.20 Å². The summed E-state index contributed by atoms with van der Waals surface area (Å²) < 4.78 is 11.3. The topological polar surface area (TPSA) is 58.1 Å². The van der Waals surface area contributed by atoms with Crippen molar-refractivity contribution in [1.29, 1.82) is 0 Å². The molecule has 0 aliphatic carbocycles. The Morgan fingerprint density at radius 1 is 1.26 bits per heavy atom. The largest absolute Gasteiger partial charge is 0.391 e. The van der Waals surface area contributed by atoms with Crippen LogP contribution < -0.4 is 4.90 Å². The van der Waals surface area contributed by atoms with Crippen molar-refractivity contribution in [3.05, 3.63) is 11.1 Å². The highest BCUT2D eigenvalue weighted by atomic mass is 32.1. The van der Waals surface area contributed by atoms with Gasteiger partial charge in [-0.15, -0.1) is 11.3 Å². The SMILES string of the molecule is O[C@@H]1COC2(CCN(Cc3cnc(N4CCOCC4)s3)CC2)C1. The molecule has 23 heavy (non-hydrogen) atoms. The molecule has 1 atom stereocenters. The Balaban J connectivity index is 1.30. The molecule has 3 aliphatic rings. The van der Waals surface area contributed by atoms with Gasteiger partial charge in [0.15, 0.2) is 5.13 Å². The fourth-order valence-electron chi connectivity index (χ4n) is 3.78. The van der Waals surface area contributed by atoms with Crippen molar-refractivity contribution in [2.75, 3.05) is 50.9 Å². The first kappa shape index (κ1) is 15.8. The molecule has 0 saturated carbocycles. The second-order valence-electron chi connectivity index (χ2n) is 6.84. The summed E-state index contributed by atoms with van der Waals surface area (Å²) in [5.74, 6) is 0. The second-order valence-corrected chi connectivity index (χ2v) is 7.93. The summed E-state index contributed by atoms with van der Waals surface area (Å²) in [6.45, 7) is 7.05. The van der Waals surface area contributed by atoms with E-state index < -0.39 is 0 Å². The third kappa shape index (κ3) is 3.53. The number of nitrogens with zero attached hydrogens (tertiary/aromatic N) is 3. The zero-order valence-corrected chi connectivity index (χ0v) is 14.3. The summed E-state index contributed by atoms with van der Waals surface area (Å²) in [4.78, 5) is 10.7. The van der Waals surface area contributed by atoms with Gasteiger partial charge < -0.3 is 19.5 Å². The second kappa shape index (κ2) is 6.64. The number of ether oxygens (including phenoxy) is 2. The lowest BCUT2D eigenvalue weighted by Crippen LogP contribution is -2.43. The molecule has 0 bridgehead atoms. The van der Waals surface area contributed by atoms with E-state index in [1.54, 1.807) is 11.3 Å². The number of thiazole rings is 1. The van der Waals surface area contributed by atoms with Crippen molar-refractivity contribution in [2.45, 2.75) is 37.5 Å². The van der Waals surface area contributed by atoms with Crippen molar-refractivity contribution in [3.63, 3.8) is 0 Å². The third-order valence-electron chi connectivity index (χ3n) is 5.16. The molecule has 6 nitrogen and oxygen atoms in total. The summed E-state index contributed by atoms with van der Waals surface area (Å²) in [5.41, 5.74) is -0.0530. The van der Waals surface area contributed by atoms with Gasteiger partial charge in [-0.1, -0.05) is 0 Å². The van der Waals surface area contributed by atoms with Crippen LogP contribution in [0, 0.1) is 0 Å². The smallest absolute Gasteiger partial charge is 0.185 e. The van der Waals surface area contributed by atoms with Gasteiger partial charge in [0.2, 0.25) is 0 Å². The molecule has 1 spiro atoms. The molecule has 1 aromatic rings. The van der Waals surface area contributed by atoms with Crippen LogP contribution in [0.2, 0.25) is 0 Å². The van der Waals surface area contributed by atoms with Crippen molar-refractivity contribution in [1.82, 2.24) is 9.88 Å². The van der Waals surface area contributed by atoms with Gasteiger partial charge in [-0.2, -0.15) is 0 Å². The maximum absolute atomic E-state index is 9.72. The molecule has 3 fully saturated rings. The lowest BCUT2D eigenvalue weighted by Gasteiger charge is -2.38. The van der Waals surface area contributed by atoms with Crippen LogP contribution >= 0.6 is 11.3 Å². The van der Waals surface area contributed by atoms with Gasteiger partial charge in [-0.3, -0.25) is 4.90 Å². The van der Waals surface area contributed by atoms with E-state index in [9.17, 15) is 5.11 Å². The summed E-state index contributed by atoms with van der Waals surface area (Å²) in [7, 11) is 0. The Morgan fingerprint density at radius 2 is 2.04 bits per heavy atom. The van der Waals surface area contributed by atoms with Crippen molar-refractivity contribution in [3.8, 4) is 0 Å². The van der Waals surface area contributed by atoms with Gasteiger partial charge in [0.25, 0.3) is 0 Å². The molecule has 0 amide bonds. The number of aliphatic hydroxyl groups excluding tert-OH is 1. The maximum Gasteiger partial charge on any atom is 0.185 e. The predicted molar refractivity (Wildman–Crippen MR) is 89.0 cm³/mol. The molecule has 128 valence electrons. The lowest BCUT2D eigenvalue weighted by atomic mass is 9.88. The van der Waals surface area contributed by atoms with E-state index in [1.165, 1.54) is 4.88 Å². The third-order valence-corrected chi connectivity index (χ3v) is 6.20. The average molecular weight is 339 g/mol. The fraction of sp³-hybridized carbons (Fsp3) is 0.812. The molecule has 0 aromatic carbocycles. The summed E-state index contributed by atoms with van der Waals surface area (Å²) >= 11 is 1.80. The maximum atomic E-state index is 9.72. The van der Waals surface area contributed by atoms with Gasteiger partial charge in [0, 0.05) is 50.2 Å². The number of hydrogen-bond donors (Lipinski definition) is 1. The van der Waals surface area contributed by atoms with Crippen LogP contribution in [0.1, 0.15) is 24.1 Å². The number of likely N-dealkylation sites (tertiary alicyclic amines) is 1. The molecular formula is C16H25N3O3S. The Bertz CT molecular complexity index is 524. The van der Waals surface area contributed by atoms with Crippen molar-refractivity contribution < 1.29 is 14.6 Å². The number of aromatic nitrogens is 1. The number of morpholine rings is 1. The highest BCUT2D eigenvalue weighted by molar-refractivity contribution is 7.15. The molecule has 0 radical (unpaired) electrons. The highest BCUT2D eigenvalue weighted by Gasteiger charge is 2.42. The van der Waals surface area contributed by atoms with Crippen LogP contribution in [-0.2, 0) is 16.0 Å². The molecule has 1 N–H and O–H groups in total. The van der Waals surface area contributed by atoms with Crippen LogP contribution in [0.25, 0.3) is 0 Å². The van der Waals surface area contributed by atoms with Crippen LogP contribution in [0.15, 0.2) is 6.20 Å². The number of piperidine rings is 1. The Kier molecular flexibility index (Phi) is 4.56. The Hall–Kier alpha value is -0.730. The fourth-order valence-corrected chi connectivity index (χ4v) is 4.78. The van der Waals surface area contributed by atoms with E-state index >= 15 is 0 Å². The van der Waals surface area contributed by atoms with Gasteiger partial charge in [-0.05, 0) is 12.8 Å². The average Bonchev–Trinajstić information content (AvgIpc) is 3.18. The van der Waals surface area contributed by atoms with E-state index in [4.69, 9.17) is 9.47 Å². The first-order valence-electron chi connectivity index (χ1n) is 8.54. The van der Waals surface area contributed by atoms with E-state index in [0.717, 1.165) is 70.3 Å². The van der Waals surface area contributed by atoms with Gasteiger partial charge in [-0.25, -0.2) is 4.98 Å². The number of hydrogen-bond acceptors (Lipinski definition) is 7. The number of rotatable bonds is 3. The van der Waals surface area contributed by atoms with E-state index in [2.05, 4.69) is 14.8 Å². The summed E-state index contributed by atoms with van der Waals surface area (Å²) in [6.07, 6.45) is 4.62. The zero-order chi connectivity index (χ0) is 15.7. The first-order valence-corrected chi connectivity index (χ1v) is 9.36. The van der Waals surface area contributed by atoms with Crippen molar-refractivity contribution >= 4 is 16.5 Å². The molecule has 4 rings (SSSR count). The standard InChI is InChI=1S/C16H25N3O3S/c20-13-9-16(22-12-13)1-3-18(4-2-16)11-14-10-17-15(23-14)19-5-7-21-8-6-19/h10,13,20H,1-9,11-12H2/t13-/m0/s1. The zero-order valence-electron chi connectivity index (χ0n) is 13.4. The van der Waals surface area contributed by atoms with Gasteiger partial charge in [0.1, 0.15) is 0 Å². The quantitative estimate of drug-likeness (QED) is 0.890. The molecule has 0 unspecified atom stereocenters. The van der Waals surface area contributed by atoms with Crippen molar-refractivity contribution in [2.24, 2.45) is 0 Å². The predicted octanol–water partition coefficient (Wildman–Crippen LogP) is 1.10. The molecule has 3 saturated heterocycles. The minimum absolute atomic E-state index is 0.0530. The summed E-state index contributed by atoms with van der Waals surface area (Å²) in [5, 5.41) is 10.8. The van der Waals surface area contributed by atoms with Gasteiger partial charge >= 0.3 is 0 Å². The molecule has 3 aliphatic heterocycles. The summed E-state index contributed by atoms with van der Waals surface area (Å²) in [6, 6.07) is 0. The lowest BCUT2D eigenvalue weighted by molar-refractivity contribution is -0.0455. The highest BCUT2D eigenvalue weighted by Crippen LogP contribution is 2.36.